The van der Waals surface area contributed by atoms with Crippen LogP contribution in [-0.4, -0.2) is 28.5 Å². The zero-order valence-electron chi connectivity index (χ0n) is 21.6. The molecule has 1 heterocycles. The lowest BCUT2D eigenvalue weighted by Crippen LogP contribution is -2.29. The second kappa shape index (κ2) is 11.8. The molecule has 4 aromatic carbocycles. The zero-order valence-corrected chi connectivity index (χ0v) is 22.4. The van der Waals surface area contributed by atoms with Gasteiger partial charge in [-0.3, -0.25) is 0 Å². The number of aliphatic hydroxyl groups is 1. The van der Waals surface area contributed by atoms with Crippen molar-refractivity contribution >= 4 is 23.0 Å². The Labute approximate surface area is 233 Å². The molecule has 7 heteroatoms. The third-order valence-corrected chi connectivity index (χ3v) is 7.56. The third-order valence-electron chi connectivity index (χ3n) is 7.24. The van der Waals surface area contributed by atoms with Crippen LogP contribution in [0.25, 0.3) is 11.1 Å². The molecule has 0 bridgehead atoms. The van der Waals surface area contributed by atoms with Gasteiger partial charge >= 0.3 is 0 Å². The first kappa shape index (κ1) is 26.7. The molecular weight excluding hydrogens is 511 g/mol. The summed E-state index contributed by atoms with van der Waals surface area (Å²) >= 11 is 5.81. The lowest BCUT2D eigenvalue weighted by atomic mass is 9.93. The van der Waals surface area contributed by atoms with Crippen LogP contribution in [0.5, 0.6) is 11.5 Å². The summed E-state index contributed by atoms with van der Waals surface area (Å²) in [5.74, 6) is 0.379. The molecule has 0 unspecified atom stereocenters. The maximum atomic E-state index is 13.3. The van der Waals surface area contributed by atoms with Gasteiger partial charge in [0.05, 0.1) is 25.3 Å². The number of ether oxygens (including phenoxy) is 1. The number of halogens is 1. The summed E-state index contributed by atoms with van der Waals surface area (Å²) in [7, 11) is 1.57. The van der Waals surface area contributed by atoms with E-state index in [9.17, 15) is 14.6 Å². The minimum atomic E-state index is -0.687. The van der Waals surface area contributed by atoms with Crippen LogP contribution in [0.15, 0.2) is 97.1 Å². The van der Waals surface area contributed by atoms with Gasteiger partial charge in [0.25, 0.3) is 0 Å². The van der Waals surface area contributed by atoms with Gasteiger partial charge in [0.2, 0.25) is 0 Å². The van der Waals surface area contributed by atoms with E-state index in [1.807, 2.05) is 47.4 Å². The van der Waals surface area contributed by atoms with Crippen molar-refractivity contribution in [2.45, 2.75) is 37.5 Å². The Morgan fingerprint density at radius 2 is 1.64 bits per heavy atom. The van der Waals surface area contributed by atoms with Gasteiger partial charge in [-0.1, -0.05) is 54.6 Å². The summed E-state index contributed by atoms with van der Waals surface area (Å²) < 4.78 is 18.6. The van der Waals surface area contributed by atoms with E-state index >= 15 is 0 Å². The topological polar surface area (TPSA) is 65.0 Å². The van der Waals surface area contributed by atoms with Gasteiger partial charge in [0, 0.05) is 17.3 Å². The molecule has 1 aliphatic rings. The Bertz CT molecular complexity index is 1410. The summed E-state index contributed by atoms with van der Waals surface area (Å²) in [6.45, 7) is 0. The number of nitrogens with one attached hydrogen (secondary N) is 1. The first-order valence-electron chi connectivity index (χ1n) is 13.0. The lowest BCUT2D eigenvalue weighted by molar-refractivity contribution is 0.162. The SMILES string of the molecule is COc1ccc([C@@H]2[C@@H](CCC[C@@H](O)c3ccc(F)cc3)NC(=S)N2c2ccc(-c3ccccc3)cc2)c(O)c1. The summed E-state index contributed by atoms with van der Waals surface area (Å²) in [5, 5.41) is 25.7. The first-order valence-corrected chi connectivity index (χ1v) is 13.4. The van der Waals surface area contributed by atoms with Crippen LogP contribution < -0.4 is 15.0 Å². The van der Waals surface area contributed by atoms with Crippen molar-refractivity contribution in [3.63, 3.8) is 0 Å². The normalized spacial score (nSPS) is 17.6. The fourth-order valence-electron chi connectivity index (χ4n) is 5.21. The van der Waals surface area contributed by atoms with Crippen LogP contribution >= 0.6 is 12.2 Å². The summed E-state index contributed by atoms with van der Waals surface area (Å²) in [6, 6.07) is 29.3. The predicted octanol–water partition coefficient (Wildman–Crippen LogP) is 6.92. The molecule has 200 valence electrons. The first-order chi connectivity index (χ1) is 18.9. The molecule has 1 fully saturated rings. The number of hydrogen-bond donors (Lipinski definition) is 3. The predicted molar refractivity (Wildman–Crippen MR) is 156 cm³/mol. The van der Waals surface area contributed by atoms with E-state index in [0.29, 0.717) is 35.7 Å². The van der Waals surface area contributed by atoms with E-state index in [2.05, 4.69) is 29.6 Å². The zero-order chi connectivity index (χ0) is 27.4. The van der Waals surface area contributed by atoms with Gasteiger partial charge in [-0.25, -0.2) is 4.39 Å². The van der Waals surface area contributed by atoms with Gasteiger partial charge < -0.3 is 25.2 Å². The maximum absolute atomic E-state index is 13.3. The number of anilines is 1. The number of aliphatic hydroxyl groups excluding tert-OH is 1. The number of benzene rings is 4. The monoisotopic (exact) mass is 542 g/mol. The fourth-order valence-corrected chi connectivity index (χ4v) is 5.58. The largest absolute Gasteiger partial charge is 0.507 e. The molecule has 0 aromatic heterocycles. The number of phenols is 1. The second-order valence-corrected chi connectivity index (χ2v) is 10.1. The van der Waals surface area contributed by atoms with Gasteiger partial charge in [0.1, 0.15) is 17.3 Å². The van der Waals surface area contributed by atoms with E-state index < -0.39 is 6.10 Å². The lowest BCUT2D eigenvalue weighted by Gasteiger charge is -2.29. The molecule has 4 aromatic rings. The standard InChI is InChI=1S/C32H31FN2O3S/c1-38-26-18-19-27(30(37)20-26)31-28(8-5-9-29(36)23-10-14-24(33)15-11-23)34-32(39)35(31)25-16-12-22(13-17-25)21-6-3-2-4-7-21/h2-4,6-7,10-20,28-29,31,36-37H,5,8-9H2,1H3,(H,34,39)/t28-,29-,31-/m1/s1. The van der Waals surface area contributed by atoms with Crippen molar-refractivity contribution in [3.8, 4) is 22.6 Å². The van der Waals surface area contributed by atoms with Crippen LogP contribution in [0.2, 0.25) is 0 Å². The van der Waals surface area contributed by atoms with E-state index in [0.717, 1.165) is 22.4 Å². The maximum Gasteiger partial charge on any atom is 0.174 e. The average molecular weight is 543 g/mol. The quantitative estimate of drug-likeness (QED) is 0.200. The molecule has 0 spiro atoms. The van der Waals surface area contributed by atoms with Gasteiger partial charge in [-0.15, -0.1) is 0 Å². The minimum Gasteiger partial charge on any atom is -0.507 e. The molecule has 1 saturated heterocycles. The molecule has 0 amide bonds. The fraction of sp³-hybridized carbons (Fsp3) is 0.219. The van der Waals surface area contributed by atoms with Crippen LogP contribution in [0, 0.1) is 5.82 Å². The van der Waals surface area contributed by atoms with Crippen LogP contribution in [-0.2, 0) is 0 Å². The smallest absolute Gasteiger partial charge is 0.174 e. The molecule has 3 atom stereocenters. The minimum absolute atomic E-state index is 0.106. The highest BCUT2D eigenvalue weighted by atomic mass is 32.1. The summed E-state index contributed by atoms with van der Waals surface area (Å²) in [6.07, 6.45) is 1.23. The van der Waals surface area contributed by atoms with Crippen molar-refractivity contribution in [3.05, 3.63) is 114 Å². The summed E-state index contributed by atoms with van der Waals surface area (Å²) in [5.41, 5.74) is 4.58. The van der Waals surface area contributed by atoms with Gasteiger partial charge in [-0.2, -0.15) is 0 Å². The number of rotatable bonds is 9. The van der Waals surface area contributed by atoms with Crippen LogP contribution in [0.1, 0.15) is 42.5 Å². The number of aromatic hydroxyl groups is 1. The Morgan fingerprint density at radius 3 is 2.31 bits per heavy atom. The molecule has 1 aliphatic heterocycles. The van der Waals surface area contributed by atoms with Gasteiger partial charge in [0.15, 0.2) is 5.11 Å². The van der Waals surface area contributed by atoms with E-state index in [4.69, 9.17) is 17.0 Å². The Balaban J connectivity index is 1.39. The molecule has 39 heavy (non-hydrogen) atoms. The van der Waals surface area contributed by atoms with E-state index in [1.54, 1.807) is 25.3 Å². The van der Waals surface area contributed by atoms with Crippen molar-refractivity contribution in [2.24, 2.45) is 0 Å². The summed E-state index contributed by atoms with van der Waals surface area (Å²) in [4.78, 5) is 2.05. The van der Waals surface area contributed by atoms with E-state index in [-0.39, 0.29) is 23.7 Å². The molecule has 5 nitrogen and oxygen atoms in total. The number of nitrogens with zero attached hydrogens (tertiary/aromatic N) is 1. The Morgan fingerprint density at radius 1 is 0.949 bits per heavy atom. The average Bonchev–Trinajstić information content (AvgIpc) is 3.29. The van der Waals surface area contributed by atoms with Crippen molar-refractivity contribution < 1.29 is 19.3 Å². The van der Waals surface area contributed by atoms with Crippen molar-refractivity contribution in [1.29, 1.82) is 0 Å². The van der Waals surface area contributed by atoms with Crippen LogP contribution in [0.4, 0.5) is 10.1 Å². The molecule has 0 radical (unpaired) electrons. The molecule has 3 N–H and O–H groups in total. The number of methoxy groups -OCH3 is 1. The Kier molecular flexibility index (Phi) is 8.10. The van der Waals surface area contributed by atoms with Crippen molar-refractivity contribution in [2.75, 3.05) is 12.0 Å². The number of hydrogen-bond acceptors (Lipinski definition) is 4. The Hall–Kier alpha value is -3.94. The van der Waals surface area contributed by atoms with Crippen molar-refractivity contribution in [1.82, 2.24) is 5.32 Å². The molecule has 5 rings (SSSR count). The second-order valence-electron chi connectivity index (χ2n) is 9.71. The highest BCUT2D eigenvalue weighted by molar-refractivity contribution is 7.80. The van der Waals surface area contributed by atoms with Gasteiger partial charge in [-0.05, 0) is 84.6 Å². The number of phenolic OH excluding ortho intramolecular Hbond substituents is 1. The third kappa shape index (κ3) is 5.90. The highest BCUT2D eigenvalue weighted by Crippen LogP contribution is 2.41. The van der Waals surface area contributed by atoms with Crippen LogP contribution in [0.3, 0.4) is 0 Å². The molecular formula is C32H31FN2O3S. The molecule has 0 saturated carbocycles. The van der Waals surface area contributed by atoms with E-state index in [1.165, 1.54) is 12.1 Å². The highest BCUT2D eigenvalue weighted by Gasteiger charge is 2.40. The number of thiocarbonyl (C=S) groups is 1. The molecule has 0 aliphatic carbocycles.